The zero-order chi connectivity index (χ0) is 17.0. The lowest BCUT2D eigenvalue weighted by Gasteiger charge is -2.65. The van der Waals surface area contributed by atoms with E-state index in [2.05, 4.69) is 68.3 Å². The van der Waals surface area contributed by atoms with Gasteiger partial charge in [0.05, 0.1) is 19.8 Å². The molecule has 0 bridgehead atoms. The van der Waals surface area contributed by atoms with Gasteiger partial charge < -0.3 is 0 Å². The molecule has 0 unspecified atom stereocenters. The number of halogens is 2. The minimum Gasteiger partial charge on any atom is -0.293 e. The van der Waals surface area contributed by atoms with Crippen LogP contribution in [0.25, 0.3) is 10.8 Å². The van der Waals surface area contributed by atoms with E-state index in [-0.39, 0.29) is 23.4 Å². The topological polar surface area (TPSA) is 34.1 Å². The summed E-state index contributed by atoms with van der Waals surface area (Å²) >= 11 is 6.70. The van der Waals surface area contributed by atoms with E-state index in [0.717, 1.165) is 0 Å². The lowest BCUT2D eigenvalue weighted by molar-refractivity contribution is -0.168. The van der Waals surface area contributed by atoms with Crippen LogP contribution in [0, 0.1) is 10.8 Å². The molecule has 0 N–H and O–H groups in total. The van der Waals surface area contributed by atoms with Crippen molar-refractivity contribution in [3.05, 3.63) is 56.5 Å². The van der Waals surface area contributed by atoms with Gasteiger partial charge in [0.2, 0.25) is 0 Å². The highest BCUT2D eigenvalue weighted by atomic mass is 79.9. The zero-order valence-electron chi connectivity index (χ0n) is 13.2. The second-order valence-electron chi connectivity index (χ2n) is 7.44. The van der Waals surface area contributed by atoms with Gasteiger partial charge >= 0.3 is 0 Å². The molecule has 4 heteroatoms. The summed E-state index contributed by atoms with van der Waals surface area (Å²) in [5, 5.41) is 2.43. The summed E-state index contributed by atoms with van der Waals surface area (Å²) in [5.41, 5.74) is 1.01. The summed E-state index contributed by atoms with van der Waals surface area (Å²) < 4.78 is 0.767. The van der Waals surface area contributed by atoms with Crippen LogP contribution in [0.2, 0.25) is 0 Å². The van der Waals surface area contributed by atoms with Crippen LogP contribution >= 0.6 is 31.9 Å². The fourth-order valence-corrected chi connectivity index (χ4v) is 6.71. The molecule has 0 radical (unpaired) electrons. The summed E-state index contributed by atoms with van der Waals surface area (Å²) in [7, 11) is 0. The normalized spacial score (nSPS) is 36.7. The Morgan fingerprint density at radius 3 is 1.62 bits per heavy atom. The predicted octanol–water partition coefficient (Wildman–Crippen LogP) is 5.20. The third-order valence-corrected chi connectivity index (χ3v) is 8.88. The Morgan fingerprint density at radius 1 is 0.792 bits per heavy atom. The fourth-order valence-electron chi connectivity index (χ4n) is 5.53. The van der Waals surface area contributed by atoms with E-state index in [1.807, 2.05) is 13.8 Å². The van der Waals surface area contributed by atoms with Crippen molar-refractivity contribution in [2.24, 2.45) is 10.8 Å². The molecule has 0 saturated heterocycles. The molecule has 0 heterocycles. The van der Waals surface area contributed by atoms with Crippen molar-refractivity contribution in [3.8, 4) is 0 Å². The molecule has 4 atom stereocenters. The second-order valence-corrected chi connectivity index (χ2v) is 9.02. The maximum Gasteiger partial charge on any atom is 0.178 e. The first-order valence-corrected chi connectivity index (χ1v) is 9.60. The lowest BCUT2D eigenvalue weighted by atomic mass is 9.35. The number of carbonyl (C=O) groups is 2. The molecule has 0 amide bonds. The molecule has 1 saturated carbocycles. The molecule has 0 spiro atoms. The predicted molar refractivity (Wildman–Crippen MR) is 101 cm³/mol. The van der Waals surface area contributed by atoms with Crippen LogP contribution in [0.5, 0.6) is 0 Å². The van der Waals surface area contributed by atoms with Crippen molar-refractivity contribution in [3.63, 3.8) is 0 Å². The standard InChI is InChI=1S/C20H14Br2O2/c1-19-13-10-7-3-5-9-6-4-8-11(12(9)10)14(13)20(19,2)18(24)16(22)15(21)17(19)23/h3-8,13-14H,1-2H3/t13-,14+,19+,20-. The van der Waals surface area contributed by atoms with Crippen molar-refractivity contribution in [2.75, 3.05) is 0 Å². The van der Waals surface area contributed by atoms with Crippen molar-refractivity contribution < 1.29 is 9.59 Å². The molecule has 2 aromatic carbocycles. The van der Waals surface area contributed by atoms with Crippen LogP contribution in [-0.4, -0.2) is 11.6 Å². The summed E-state index contributed by atoms with van der Waals surface area (Å²) in [6.07, 6.45) is 0. The highest BCUT2D eigenvalue weighted by molar-refractivity contribution is 9.14. The molecule has 120 valence electrons. The van der Waals surface area contributed by atoms with E-state index < -0.39 is 10.8 Å². The second kappa shape index (κ2) is 4.28. The van der Waals surface area contributed by atoms with Gasteiger partial charge in [-0.3, -0.25) is 9.59 Å². The molecule has 3 aliphatic carbocycles. The number of rotatable bonds is 0. The first kappa shape index (κ1) is 15.0. The van der Waals surface area contributed by atoms with Gasteiger partial charge in [-0.05, 0) is 53.8 Å². The Kier molecular flexibility index (Phi) is 2.68. The van der Waals surface area contributed by atoms with Crippen LogP contribution in [0.15, 0.2) is 45.4 Å². The van der Waals surface area contributed by atoms with Crippen molar-refractivity contribution in [1.82, 2.24) is 0 Å². The smallest absolute Gasteiger partial charge is 0.178 e. The maximum absolute atomic E-state index is 13.2. The van der Waals surface area contributed by atoms with Crippen molar-refractivity contribution in [2.45, 2.75) is 25.7 Å². The number of ketones is 2. The van der Waals surface area contributed by atoms with Crippen LogP contribution in [0.4, 0.5) is 0 Å². The van der Waals surface area contributed by atoms with Crippen LogP contribution < -0.4 is 0 Å². The van der Waals surface area contributed by atoms with Gasteiger partial charge in [-0.25, -0.2) is 0 Å². The van der Waals surface area contributed by atoms with Gasteiger partial charge in [-0.2, -0.15) is 0 Å². The van der Waals surface area contributed by atoms with Gasteiger partial charge in [-0.15, -0.1) is 0 Å². The van der Waals surface area contributed by atoms with Gasteiger partial charge in [0.1, 0.15) is 0 Å². The maximum atomic E-state index is 13.2. The van der Waals surface area contributed by atoms with Gasteiger partial charge in [0.15, 0.2) is 11.6 Å². The SMILES string of the molecule is C[C@@]12C(=O)C(Br)=C(Br)C(=O)[C@]1(C)[C@@H]1c3cccc4cccc(c34)[C@@H]12. The third-order valence-electron chi connectivity index (χ3n) is 6.83. The first-order valence-electron chi connectivity index (χ1n) is 8.01. The van der Waals surface area contributed by atoms with Crippen molar-refractivity contribution in [1.29, 1.82) is 0 Å². The largest absolute Gasteiger partial charge is 0.293 e. The van der Waals surface area contributed by atoms with Crippen LogP contribution in [0.3, 0.4) is 0 Å². The Labute approximate surface area is 156 Å². The average Bonchev–Trinajstić information content (AvgIpc) is 2.92. The van der Waals surface area contributed by atoms with Crippen molar-refractivity contribution >= 4 is 54.2 Å². The summed E-state index contributed by atoms with van der Waals surface area (Å²) in [4.78, 5) is 26.4. The van der Waals surface area contributed by atoms with Crippen LogP contribution in [-0.2, 0) is 9.59 Å². The van der Waals surface area contributed by atoms with E-state index in [0.29, 0.717) is 8.96 Å². The number of benzene rings is 2. The molecule has 5 rings (SSSR count). The quantitative estimate of drug-likeness (QED) is 0.558. The summed E-state index contributed by atoms with van der Waals surface area (Å²) in [6, 6.07) is 12.6. The molecular weight excluding hydrogens is 432 g/mol. The van der Waals surface area contributed by atoms with Gasteiger partial charge in [0, 0.05) is 11.8 Å². The lowest BCUT2D eigenvalue weighted by Crippen LogP contribution is -2.67. The van der Waals surface area contributed by atoms with E-state index in [4.69, 9.17) is 0 Å². The highest BCUT2D eigenvalue weighted by Gasteiger charge is 2.77. The Bertz CT molecular complexity index is 945. The monoisotopic (exact) mass is 444 g/mol. The minimum absolute atomic E-state index is 0.0301. The average molecular weight is 446 g/mol. The van der Waals surface area contributed by atoms with Crippen LogP contribution in [0.1, 0.15) is 36.8 Å². The Hall–Kier alpha value is -1.26. The molecule has 2 nitrogen and oxygen atoms in total. The zero-order valence-corrected chi connectivity index (χ0v) is 16.4. The van der Waals surface area contributed by atoms with E-state index in [9.17, 15) is 9.59 Å². The van der Waals surface area contributed by atoms with E-state index in [1.54, 1.807) is 0 Å². The molecule has 24 heavy (non-hydrogen) atoms. The molecule has 3 aliphatic rings. The Morgan fingerprint density at radius 2 is 1.21 bits per heavy atom. The number of fused-ring (bicyclic) bond motifs is 6. The Balaban J connectivity index is 1.88. The van der Waals surface area contributed by atoms with Gasteiger partial charge in [-0.1, -0.05) is 50.2 Å². The summed E-state index contributed by atoms with van der Waals surface area (Å²) in [5.74, 6) is 0.187. The number of Topliss-reactive ketones (excluding diaryl/α,β-unsaturated/α-hetero) is 2. The number of hydrogen-bond donors (Lipinski definition) is 0. The first-order chi connectivity index (χ1) is 11.3. The number of allylic oxidation sites excluding steroid dienone is 2. The minimum atomic E-state index is -0.710. The molecule has 2 aromatic rings. The molecule has 1 fully saturated rings. The number of hydrogen-bond acceptors (Lipinski definition) is 2. The summed E-state index contributed by atoms with van der Waals surface area (Å²) in [6.45, 7) is 3.94. The van der Waals surface area contributed by atoms with E-state index >= 15 is 0 Å². The molecule has 0 aliphatic heterocycles. The third kappa shape index (κ3) is 1.27. The molecule has 0 aromatic heterocycles. The van der Waals surface area contributed by atoms with Gasteiger partial charge in [0.25, 0.3) is 0 Å². The molecular formula is C20H14Br2O2. The fraction of sp³-hybridized carbons (Fsp3) is 0.300. The van der Waals surface area contributed by atoms with E-state index in [1.165, 1.54) is 21.9 Å². The highest BCUT2D eigenvalue weighted by Crippen LogP contribution is 2.79. The number of carbonyl (C=O) groups excluding carboxylic acids is 2.